The van der Waals surface area contributed by atoms with Gasteiger partial charge < -0.3 is 15.2 Å². The summed E-state index contributed by atoms with van der Waals surface area (Å²) in [5.74, 6) is -0.0114. The smallest absolute Gasteiger partial charge is 0.227 e. The van der Waals surface area contributed by atoms with E-state index in [1.165, 1.54) is 0 Å². The molecule has 1 amide bonds. The van der Waals surface area contributed by atoms with Crippen molar-refractivity contribution < 1.29 is 4.79 Å². The lowest BCUT2D eigenvalue weighted by Crippen LogP contribution is -2.41. The van der Waals surface area contributed by atoms with Crippen LogP contribution in [0.15, 0.2) is 73.3 Å². The molecular formula is C21H24N4O. The lowest BCUT2D eigenvalue weighted by atomic mass is 9.79. The second-order valence-corrected chi connectivity index (χ2v) is 6.83. The van der Waals surface area contributed by atoms with Crippen LogP contribution in [-0.2, 0) is 4.79 Å². The number of carbonyl (C=O) groups excluding carboxylic acids is 1. The second-order valence-electron chi connectivity index (χ2n) is 6.83. The maximum Gasteiger partial charge on any atom is 0.227 e. The normalized spacial score (nSPS) is 12.4. The number of aromatic nitrogens is 2. The van der Waals surface area contributed by atoms with Crippen LogP contribution in [0.25, 0.3) is 0 Å². The molecule has 0 saturated carbocycles. The third kappa shape index (κ3) is 3.61. The van der Waals surface area contributed by atoms with Gasteiger partial charge >= 0.3 is 0 Å². The van der Waals surface area contributed by atoms with E-state index < -0.39 is 5.41 Å². The number of amides is 1. The van der Waals surface area contributed by atoms with Crippen molar-refractivity contribution >= 4 is 17.3 Å². The van der Waals surface area contributed by atoms with E-state index in [1.54, 1.807) is 19.6 Å². The minimum absolute atomic E-state index is 0.0114. The number of hydrogen-bond donors (Lipinski definition) is 2. The largest absolute Gasteiger partial charge is 0.359 e. The summed E-state index contributed by atoms with van der Waals surface area (Å²) in [6.07, 6.45) is 5.38. The molecule has 1 atom stereocenters. The zero-order valence-electron chi connectivity index (χ0n) is 15.3. The zero-order valence-corrected chi connectivity index (χ0v) is 15.3. The highest BCUT2D eigenvalue weighted by Gasteiger charge is 2.38. The van der Waals surface area contributed by atoms with Crippen LogP contribution in [0.5, 0.6) is 0 Å². The number of hydrogen-bond acceptors (Lipinski definition) is 3. The Hall–Kier alpha value is -3.08. The maximum absolute atomic E-state index is 12.5. The number of nitrogens with one attached hydrogen (secondary N) is 2. The van der Waals surface area contributed by atoms with Crippen molar-refractivity contribution in [1.29, 1.82) is 0 Å². The molecule has 0 bridgehead atoms. The van der Waals surface area contributed by atoms with Gasteiger partial charge in [0.25, 0.3) is 0 Å². The molecule has 0 fully saturated rings. The molecule has 0 aliphatic carbocycles. The molecule has 134 valence electrons. The molecule has 0 aliphatic heterocycles. The van der Waals surface area contributed by atoms with Gasteiger partial charge in [-0.2, -0.15) is 0 Å². The zero-order chi connectivity index (χ0) is 18.6. The maximum atomic E-state index is 12.5. The van der Waals surface area contributed by atoms with Gasteiger partial charge in [-0.05, 0) is 43.7 Å². The molecule has 0 saturated heterocycles. The molecule has 0 radical (unpaired) electrons. The summed E-state index contributed by atoms with van der Waals surface area (Å²) in [5, 5.41) is 6.16. The number of rotatable bonds is 6. The summed E-state index contributed by atoms with van der Waals surface area (Å²) < 4.78 is 1.98. The SMILES string of the molecule is CNC(=O)C(C)(C)C(c1ccc(Nc2ccccc2)cc1)n1ccnc1. The van der Waals surface area contributed by atoms with Crippen molar-refractivity contribution in [3.63, 3.8) is 0 Å². The standard InChI is InChI=1S/C21H24N4O/c1-21(2,20(26)22-3)19(25-14-13-23-15-25)16-9-11-18(12-10-16)24-17-7-5-4-6-8-17/h4-15,19,24H,1-3H3,(H,22,26). The van der Waals surface area contributed by atoms with E-state index in [1.807, 2.05) is 67.1 Å². The fourth-order valence-electron chi connectivity index (χ4n) is 3.27. The first-order valence-electron chi connectivity index (χ1n) is 8.64. The van der Waals surface area contributed by atoms with Crippen molar-refractivity contribution in [3.8, 4) is 0 Å². The van der Waals surface area contributed by atoms with Gasteiger partial charge in [0.1, 0.15) is 0 Å². The van der Waals surface area contributed by atoms with E-state index in [-0.39, 0.29) is 11.9 Å². The highest BCUT2D eigenvalue weighted by atomic mass is 16.2. The van der Waals surface area contributed by atoms with Crippen LogP contribution in [0.2, 0.25) is 0 Å². The fourth-order valence-corrected chi connectivity index (χ4v) is 3.27. The number of benzene rings is 2. The molecule has 1 unspecified atom stereocenters. The van der Waals surface area contributed by atoms with Crippen LogP contribution in [-0.4, -0.2) is 22.5 Å². The first-order valence-corrected chi connectivity index (χ1v) is 8.64. The predicted octanol–water partition coefficient (Wildman–Crippen LogP) is 3.99. The Morgan fingerprint density at radius 2 is 1.69 bits per heavy atom. The lowest BCUT2D eigenvalue weighted by Gasteiger charge is -2.34. The van der Waals surface area contributed by atoms with Gasteiger partial charge in [0.2, 0.25) is 5.91 Å². The van der Waals surface area contributed by atoms with E-state index in [0.29, 0.717) is 0 Å². The highest BCUT2D eigenvalue weighted by molar-refractivity contribution is 5.82. The molecule has 3 rings (SSSR count). The minimum atomic E-state index is -0.635. The predicted molar refractivity (Wildman–Crippen MR) is 104 cm³/mol. The summed E-state index contributed by atoms with van der Waals surface area (Å²) in [6.45, 7) is 3.90. The third-order valence-corrected chi connectivity index (χ3v) is 4.61. The Bertz CT molecular complexity index is 839. The molecule has 5 nitrogen and oxygen atoms in total. The van der Waals surface area contributed by atoms with E-state index in [9.17, 15) is 4.79 Å². The van der Waals surface area contributed by atoms with Crippen LogP contribution >= 0.6 is 0 Å². The molecule has 1 heterocycles. The van der Waals surface area contributed by atoms with Crippen LogP contribution in [0, 0.1) is 5.41 Å². The molecule has 3 aromatic rings. The Kier molecular flexibility index (Phi) is 5.07. The summed E-state index contributed by atoms with van der Waals surface area (Å²) in [6, 6.07) is 18.1. The quantitative estimate of drug-likeness (QED) is 0.708. The Morgan fingerprint density at radius 1 is 1.04 bits per heavy atom. The van der Waals surface area contributed by atoms with E-state index in [0.717, 1.165) is 16.9 Å². The van der Waals surface area contributed by atoms with Crippen molar-refractivity contribution in [1.82, 2.24) is 14.9 Å². The first-order chi connectivity index (χ1) is 12.5. The number of nitrogens with zero attached hydrogens (tertiary/aromatic N) is 2. The van der Waals surface area contributed by atoms with Crippen molar-refractivity contribution in [2.24, 2.45) is 5.41 Å². The minimum Gasteiger partial charge on any atom is -0.359 e. The summed E-state index contributed by atoms with van der Waals surface area (Å²) in [4.78, 5) is 16.7. The van der Waals surface area contributed by atoms with E-state index in [4.69, 9.17) is 0 Å². The molecule has 0 spiro atoms. The number of para-hydroxylation sites is 1. The highest BCUT2D eigenvalue weighted by Crippen LogP contribution is 2.37. The number of carbonyl (C=O) groups is 1. The Morgan fingerprint density at radius 3 is 2.27 bits per heavy atom. The van der Waals surface area contributed by atoms with Gasteiger partial charge in [-0.15, -0.1) is 0 Å². The van der Waals surface area contributed by atoms with Gasteiger partial charge in [-0.25, -0.2) is 4.98 Å². The molecule has 1 aromatic heterocycles. The van der Waals surface area contributed by atoms with Gasteiger partial charge in [0.15, 0.2) is 0 Å². The van der Waals surface area contributed by atoms with Crippen LogP contribution in [0.3, 0.4) is 0 Å². The van der Waals surface area contributed by atoms with Gasteiger partial charge in [-0.1, -0.05) is 30.3 Å². The average Bonchev–Trinajstić information content (AvgIpc) is 3.17. The van der Waals surface area contributed by atoms with Crippen LogP contribution < -0.4 is 10.6 Å². The number of imidazole rings is 1. The van der Waals surface area contributed by atoms with Gasteiger partial charge in [0, 0.05) is 30.8 Å². The summed E-state index contributed by atoms with van der Waals surface area (Å²) in [5.41, 5.74) is 2.46. The monoisotopic (exact) mass is 348 g/mol. The van der Waals surface area contributed by atoms with E-state index >= 15 is 0 Å². The molecule has 0 aliphatic rings. The van der Waals surface area contributed by atoms with Crippen LogP contribution in [0.1, 0.15) is 25.5 Å². The Labute approximate surface area is 154 Å². The van der Waals surface area contributed by atoms with Gasteiger partial charge in [-0.3, -0.25) is 4.79 Å². The molecule has 26 heavy (non-hydrogen) atoms. The molecule has 5 heteroatoms. The van der Waals surface area contributed by atoms with Crippen molar-refractivity contribution in [2.45, 2.75) is 19.9 Å². The van der Waals surface area contributed by atoms with Gasteiger partial charge in [0.05, 0.1) is 17.8 Å². The number of anilines is 2. The summed E-state index contributed by atoms with van der Waals surface area (Å²) >= 11 is 0. The topological polar surface area (TPSA) is 59.0 Å². The Balaban J connectivity index is 1.91. The second kappa shape index (κ2) is 7.44. The van der Waals surface area contributed by atoms with Crippen molar-refractivity contribution in [3.05, 3.63) is 78.9 Å². The average molecular weight is 348 g/mol. The first kappa shape index (κ1) is 17.7. The molecule has 2 N–H and O–H groups in total. The van der Waals surface area contributed by atoms with Crippen LogP contribution in [0.4, 0.5) is 11.4 Å². The molecular weight excluding hydrogens is 324 g/mol. The lowest BCUT2D eigenvalue weighted by molar-refractivity contribution is -0.130. The molecule has 2 aromatic carbocycles. The van der Waals surface area contributed by atoms with E-state index in [2.05, 4.69) is 27.8 Å². The summed E-state index contributed by atoms with van der Waals surface area (Å²) in [7, 11) is 1.67. The van der Waals surface area contributed by atoms with Crippen molar-refractivity contribution in [2.75, 3.05) is 12.4 Å². The third-order valence-electron chi connectivity index (χ3n) is 4.61. The fraction of sp³-hybridized carbons (Fsp3) is 0.238.